The van der Waals surface area contributed by atoms with E-state index in [0.717, 1.165) is 0 Å². The zero-order valence-electron chi connectivity index (χ0n) is 16.7. The number of urea groups is 1. The van der Waals surface area contributed by atoms with Crippen molar-refractivity contribution in [3.8, 4) is 0 Å². The number of carbonyl (C=O) groups is 5. The highest BCUT2D eigenvalue weighted by atomic mass is 35.7. The molecular formula is C17H19ClN4O10S. The molecule has 0 bridgehead atoms. The maximum Gasteiger partial charge on any atom is 0.408 e. The fraction of sp³-hybridized carbons (Fsp3) is 0.353. The molecule has 0 aromatic heterocycles. The highest BCUT2D eigenvalue weighted by Gasteiger charge is 2.57. The van der Waals surface area contributed by atoms with Crippen molar-refractivity contribution in [2.75, 3.05) is 13.2 Å². The number of aliphatic hydroxyl groups excluding tert-OH is 1. The van der Waals surface area contributed by atoms with Crippen LogP contribution in [0.4, 0.5) is 9.59 Å². The molecule has 1 aromatic carbocycles. The number of rotatable bonds is 10. The summed E-state index contributed by atoms with van der Waals surface area (Å²) in [5.74, 6) is -2.46. The fourth-order valence-corrected chi connectivity index (χ4v) is 3.26. The molecule has 0 aliphatic carbocycles. The van der Waals surface area contributed by atoms with Gasteiger partial charge in [0.2, 0.25) is 6.41 Å². The smallest absolute Gasteiger partial charge is 0.408 e. The molecule has 180 valence electrons. The number of carbonyl (C=O) groups excluding carboxylic acids is 5. The van der Waals surface area contributed by atoms with E-state index < -0.39 is 51.4 Å². The zero-order valence-corrected chi connectivity index (χ0v) is 18.2. The van der Waals surface area contributed by atoms with Crippen LogP contribution in [0.1, 0.15) is 5.56 Å². The Morgan fingerprint density at radius 2 is 1.88 bits per heavy atom. The van der Waals surface area contributed by atoms with Crippen LogP contribution in [0.2, 0.25) is 0 Å². The van der Waals surface area contributed by atoms with Crippen LogP contribution in [0.25, 0.3) is 0 Å². The molecule has 1 fully saturated rings. The van der Waals surface area contributed by atoms with E-state index in [0.29, 0.717) is 12.0 Å². The topological polar surface area (TPSA) is 198 Å². The second kappa shape index (κ2) is 11.4. The molecule has 1 aliphatic heterocycles. The number of β-lactam (4-membered cyclic amide) rings is 1. The van der Waals surface area contributed by atoms with Crippen LogP contribution < -0.4 is 15.4 Å². The number of ether oxygens (including phenoxy) is 2. The van der Waals surface area contributed by atoms with E-state index in [2.05, 4.69) is 10.6 Å². The van der Waals surface area contributed by atoms with Gasteiger partial charge in [-0.3, -0.25) is 14.5 Å². The Labute approximate surface area is 191 Å². The summed E-state index contributed by atoms with van der Waals surface area (Å²) in [7, 11) is 0.322. The summed E-state index contributed by atoms with van der Waals surface area (Å²) >= 11 is 0. The summed E-state index contributed by atoms with van der Waals surface area (Å²) in [4.78, 5) is 59.1. The molecule has 3 unspecified atom stereocenters. The van der Waals surface area contributed by atoms with Gasteiger partial charge in [0, 0.05) is 10.7 Å². The molecule has 0 spiro atoms. The maximum atomic E-state index is 12.4. The van der Waals surface area contributed by atoms with Crippen molar-refractivity contribution in [3.05, 3.63) is 35.9 Å². The highest BCUT2D eigenvalue weighted by Crippen LogP contribution is 2.25. The van der Waals surface area contributed by atoms with E-state index in [1.807, 2.05) is 0 Å². The number of amides is 5. The van der Waals surface area contributed by atoms with E-state index in [9.17, 15) is 37.5 Å². The molecule has 0 saturated carbocycles. The Balaban J connectivity index is 2.09. The summed E-state index contributed by atoms with van der Waals surface area (Å²) < 4.78 is 33.2. The van der Waals surface area contributed by atoms with Crippen molar-refractivity contribution in [1.82, 2.24) is 20.3 Å². The summed E-state index contributed by atoms with van der Waals surface area (Å²) in [5.41, 5.74) is 0.630. The summed E-state index contributed by atoms with van der Waals surface area (Å²) in [6.45, 7) is -0.607. The molecule has 1 heterocycles. The average Bonchev–Trinajstić information content (AvgIpc) is 2.75. The Bertz CT molecular complexity index is 1010. The van der Waals surface area contributed by atoms with E-state index in [1.54, 1.807) is 30.3 Å². The number of aliphatic hydroxyl groups is 1. The van der Waals surface area contributed by atoms with E-state index in [4.69, 9.17) is 20.2 Å². The molecule has 0 radical (unpaired) electrons. The Morgan fingerprint density at radius 1 is 1.21 bits per heavy atom. The van der Waals surface area contributed by atoms with Crippen LogP contribution in [-0.4, -0.2) is 80.2 Å². The van der Waals surface area contributed by atoms with Gasteiger partial charge in [-0.05, 0) is 5.56 Å². The molecule has 33 heavy (non-hydrogen) atoms. The van der Waals surface area contributed by atoms with Gasteiger partial charge in [-0.25, -0.2) is 19.1 Å². The van der Waals surface area contributed by atoms with Crippen molar-refractivity contribution < 1.29 is 47.0 Å². The summed E-state index contributed by atoms with van der Waals surface area (Å²) in [5, 5.41) is 14.6. The van der Waals surface area contributed by atoms with Crippen LogP contribution in [-0.2, 0) is 39.7 Å². The Kier molecular flexibility index (Phi) is 8.95. The number of benzene rings is 1. The molecule has 2 rings (SSSR count). The lowest BCUT2D eigenvalue weighted by molar-refractivity contribution is -0.167. The monoisotopic (exact) mass is 506 g/mol. The molecule has 14 nitrogen and oxygen atoms in total. The molecule has 3 atom stereocenters. The standard InChI is InChI=1S/C17H19ClN4O10S/c18-33(29,30)21-16(27)22-12(13(24)15(26)31-7-6-19-9-23)11(14(22)25)20-17(28)32-8-10-4-2-1-3-5-10/h1-5,9,11-13,24H,6-8H2,(H,19,23)(H,20,28)(H,21,27). The lowest BCUT2D eigenvalue weighted by atomic mass is 9.90. The van der Waals surface area contributed by atoms with Gasteiger partial charge in [0.05, 0.1) is 6.54 Å². The second-order valence-electron chi connectivity index (χ2n) is 6.41. The van der Waals surface area contributed by atoms with Gasteiger partial charge in [-0.1, -0.05) is 30.3 Å². The fourth-order valence-electron chi connectivity index (χ4n) is 2.76. The van der Waals surface area contributed by atoms with Gasteiger partial charge in [0.25, 0.3) is 5.91 Å². The zero-order chi connectivity index (χ0) is 24.6. The molecule has 1 aromatic rings. The van der Waals surface area contributed by atoms with E-state index in [-0.39, 0.29) is 24.7 Å². The second-order valence-corrected chi connectivity index (χ2v) is 8.71. The van der Waals surface area contributed by atoms with Crippen LogP contribution in [0, 0.1) is 0 Å². The summed E-state index contributed by atoms with van der Waals surface area (Å²) in [6.07, 6.45) is -2.95. The van der Waals surface area contributed by atoms with Gasteiger partial charge < -0.3 is 25.2 Å². The quantitative estimate of drug-likeness (QED) is 0.0935. The van der Waals surface area contributed by atoms with Crippen LogP contribution >= 0.6 is 10.7 Å². The molecule has 1 aliphatic rings. The van der Waals surface area contributed by atoms with Crippen molar-refractivity contribution in [2.45, 2.75) is 24.8 Å². The van der Waals surface area contributed by atoms with Gasteiger partial charge >= 0.3 is 27.3 Å². The van der Waals surface area contributed by atoms with Gasteiger partial charge in [-0.15, -0.1) is 0 Å². The van der Waals surface area contributed by atoms with E-state index in [1.165, 1.54) is 4.72 Å². The van der Waals surface area contributed by atoms with Gasteiger partial charge in [-0.2, -0.15) is 8.42 Å². The van der Waals surface area contributed by atoms with E-state index >= 15 is 0 Å². The minimum absolute atomic E-state index is 0.0895. The number of likely N-dealkylation sites (tertiary alicyclic amines) is 1. The molecule has 5 amide bonds. The molecule has 16 heteroatoms. The Hall–Kier alpha value is -3.43. The number of alkyl carbamates (subject to hydrolysis) is 1. The van der Waals surface area contributed by atoms with Gasteiger partial charge in [0.15, 0.2) is 6.10 Å². The van der Waals surface area contributed by atoms with Crippen molar-refractivity contribution in [2.24, 2.45) is 0 Å². The molecule has 1 saturated heterocycles. The third kappa shape index (κ3) is 7.30. The number of hydrogen-bond acceptors (Lipinski definition) is 10. The largest absolute Gasteiger partial charge is 0.462 e. The minimum Gasteiger partial charge on any atom is -0.462 e. The normalized spacial score (nSPS) is 18.4. The van der Waals surface area contributed by atoms with Crippen molar-refractivity contribution in [1.29, 1.82) is 0 Å². The first-order valence-electron chi connectivity index (χ1n) is 9.13. The molecule has 4 N–H and O–H groups in total. The SMILES string of the molecule is O=CNCCOC(=O)C(O)C1C(NC(=O)OCc2ccccc2)C(=O)N1C(=O)NS(=O)(=O)Cl. The minimum atomic E-state index is -4.61. The van der Waals surface area contributed by atoms with Crippen LogP contribution in [0.15, 0.2) is 30.3 Å². The maximum absolute atomic E-state index is 12.4. The predicted octanol–water partition coefficient (Wildman–Crippen LogP) is -1.66. The number of imide groups is 1. The van der Waals surface area contributed by atoms with Crippen molar-refractivity contribution >= 4 is 50.3 Å². The highest BCUT2D eigenvalue weighted by molar-refractivity contribution is 8.12. The molecular weight excluding hydrogens is 488 g/mol. The van der Waals surface area contributed by atoms with Gasteiger partial charge in [0.1, 0.15) is 25.3 Å². The first-order chi connectivity index (χ1) is 15.5. The first kappa shape index (κ1) is 25.8. The summed E-state index contributed by atoms with van der Waals surface area (Å²) in [6, 6.07) is 3.55. The third-order valence-electron chi connectivity index (χ3n) is 4.20. The Morgan fingerprint density at radius 3 is 2.48 bits per heavy atom. The number of hydrogen-bond donors (Lipinski definition) is 4. The third-order valence-corrected chi connectivity index (χ3v) is 4.85. The first-order valence-corrected chi connectivity index (χ1v) is 11.4. The number of esters is 1. The van der Waals surface area contributed by atoms with Crippen molar-refractivity contribution in [3.63, 3.8) is 0 Å². The number of nitrogens with zero attached hydrogens (tertiary/aromatic N) is 1. The van der Waals surface area contributed by atoms with Crippen LogP contribution in [0.3, 0.4) is 0 Å². The number of halogens is 1. The van der Waals surface area contributed by atoms with Crippen LogP contribution in [0.5, 0.6) is 0 Å². The average molecular weight is 507 g/mol. The lowest BCUT2D eigenvalue weighted by Gasteiger charge is -2.46. The number of nitrogens with one attached hydrogen (secondary N) is 3. The predicted molar refractivity (Wildman–Crippen MR) is 109 cm³/mol. The lowest BCUT2D eigenvalue weighted by Crippen LogP contribution is -2.77.